The minimum atomic E-state index is -0.566. The van der Waals surface area contributed by atoms with Crippen LogP contribution in [0.25, 0.3) is 11.4 Å². The van der Waals surface area contributed by atoms with Crippen LogP contribution in [0.2, 0.25) is 0 Å². The zero-order valence-corrected chi connectivity index (χ0v) is 22.1. The molecular weight excluding hydrogens is 510 g/mol. The third-order valence-electron chi connectivity index (χ3n) is 8.22. The number of nitrogens with zero attached hydrogens (tertiary/aromatic N) is 3. The maximum atomic E-state index is 6.73. The number of fused-ring (bicyclic) bond motifs is 11. The predicted octanol–water partition coefficient (Wildman–Crippen LogP) is 8.88. The molecule has 40 heavy (non-hydrogen) atoms. The third kappa shape index (κ3) is 2.77. The third-order valence-corrected chi connectivity index (χ3v) is 9.35. The van der Waals surface area contributed by atoms with Gasteiger partial charge in [-0.05, 0) is 59.7 Å². The van der Waals surface area contributed by atoms with Crippen molar-refractivity contribution < 1.29 is 4.74 Å². The van der Waals surface area contributed by atoms with E-state index >= 15 is 0 Å². The van der Waals surface area contributed by atoms with E-state index in [0.717, 1.165) is 50.8 Å². The number of aromatic nitrogens is 2. The van der Waals surface area contributed by atoms with Crippen LogP contribution < -0.4 is 9.64 Å². The molecule has 0 amide bonds. The minimum absolute atomic E-state index is 0.566. The maximum absolute atomic E-state index is 6.73. The molecule has 5 heteroatoms. The molecule has 4 aromatic carbocycles. The second-order valence-electron chi connectivity index (χ2n) is 10.2. The van der Waals surface area contributed by atoms with Gasteiger partial charge in [0.25, 0.3) is 0 Å². The molecule has 4 nitrogen and oxygen atoms in total. The van der Waals surface area contributed by atoms with Crippen LogP contribution in [0.5, 0.6) is 11.5 Å². The van der Waals surface area contributed by atoms with Crippen LogP contribution in [0, 0.1) is 0 Å². The number of hydrogen-bond donors (Lipinski definition) is 0. The molecule has 0 fully saturated rings. The van der Waals surface area contributed by atoms with Crippen LogP contribution in [-0.2, 0) is 5.41 Å². The lowest BCUT2D eigenvalue weighted by Crippen LogP contribution is -2.32. The van der Waals surface area contributed by atoms with Gasteiger partial charge in [-0.15, -0.1) is 0 Å². The Bertz CT molecular complexity index is 1910. The predicted molar refractivity (Wildman–Crippen MR) is 158 cm³/mol. The van der Waals surface area contributed by atoms with Gasteiger partial charge >= 0.3 is 0 Å². The summed E-state index contributed by atoms with van der Waals surface area (Å²) >= 11 is 1.81. The molecule has 4 heterocycles. The highest BCUT2D eigenvalue weighted by molar-refractivity contribution is 7.99. The molecule has 188 valence electrons. The first-order chi connectivity index (χ1) is 19.8. The second-order valence-corrected chi connectivity index (χ2v) is 11.3. The van der Waals surface area contributed by atoms with E-state index in [0.29, 0.717) is 0 Å². The highest BCUT2D eigenvalue weighted by Gasteiger charge is 2.52. The van der Waals surface area contributed by atoms with Crippen LogP contribution in [0.4, 0.5) is 17.1 Å². The van der Waals surface area contributed by atoms with E-state index in [9.17, 15) is 0 Å². The van der Waals surface area contributed by atoms with E-state index in [-0.39, 0.29) is 0 Å². The SMILES string of the molecule is c1ccc2c(c1)Oc1cc(N3c4ccccc4Sc4ccccc43)ccc1C21c2cccnc2-c2ncccc21. The fourth-order valence-electron chi connectivity index (χ4n) is 6.67. The summed E-state index contributed by atoms with van der Waals surface area (Å²) in [5.41, 5.74) is 9.18. The summed E-state index contributed by atoms with van der Waals surface area (Å²) in [6.07, 6.45) is 3.71. The van der Waals surface area contributed by atoms with Crippen molar-refractivity contribution in [3.05, 3.63) is 150 Å². The van der Waals surface area contributed by atoms with E-state index in [1.54, 1.807) is 0 Å². The van der Waals surface area contributed by atoms with Gasteiger partial charge in [-0.2, -0.15) is 0 Å². The smallest absolute Gasteiger partial charge is 0.134 e. The van der Waals surface area contributed by atoms with E-state index in [4.69, 9.17) is 14.7 Å². The molecule has 0 saturated carbocycles. The Labute approximate surface area is 236 Å². The molecule has 3 aliphatic rings. The van der Waals surface area contributed by atoms with Crippen LogP contribution in [-0.4, -0.2) is 9.97 Å². The minimum Gasteiger partial charge on any atom is -0.457 e. The maximum Gasteiger partial charge on any atom is 0.134 e. The largest absolute Gasteiger partial charge is 0.457 e. The van der Waals surface area contributed by atoms with Crippen molar-refractivity contribution in [3.8, 4) is 22.9 Å². The highest BCUT2D eigenvalue weighted by Crippen LogP contribution is 2.62. The summed E-state index contributed by atoms with van der Waals surface area (Å²) in [7, 11) is 0. The summed E-state index contributed by atoms with van der Waals surface area (Å²) in [6, 6.07) is 40.7. The average molecular weight is 532 g/mol. The van der Waals surface area contributed by atoms with Crippen molar-refractivity contribution in [1.29, 1.82) is 0 Å². The monoisotopic (exact) mass is 531 g/mol. The van der Waals surface area contributed by atoms with E-state index in [2.05, 4.69) is 102 Å². The molecule has 0 bridgehead atoms. The van der Waals surface area contributed by atoms with Gasteiger partial charge in [0.1, 0.15) is 11.5 Å². The Morgan fingerprint density at radius 3 is 1.82 bits per heavy atom. The second kappa shape index (κ2) is 8.07. The Hall–Kier alpha value is -4.87. The molecule has 1 aliphatic carbocycles. The Morgan fingerprint density at radius 1 is 0.550 bits per heavy atom. The molecule has 1 spiro atoms. The summed E-state index contributed by atoms with van der Waals surface area (Å²) in [6.45, 7) is 0. The van der Waals surface area contributed by atoms with Gasteiger partial charge in [0.2, 0.25) is 0 Å². The summed E-state index contributed by atoms with van der Waals surface area (Å²) < 4.78 is 6.73. The zero-order valence-electron chi connectivity index (χ0n) is 21.3. The quantitative estimate of drug-likeness (QED) is 0.211. The molecule has 0 radical (unpaired) electrons. The average Bonchev–Trinajstić information content (AvgIpc) is 3.31. The number of hydrogen-bond acceptors (Lipinski definition) is 5. The van der Waals surface area contributed by atoms with Crippen LogP contribution in [0.3, 0.4) is 0 Å². The van der Waals surface area contributed by atoms with Crippen molar-refractivity contribution in [1.82, 2.24) is 9.97 Å². The van der Waals surface area contributed by atoms with Gasteiger partial charge in [-0.3, -0.25) is 9.97 Å². The van der Waals surface area contributed by atoms with Crippen molar-refractivity contribution in [2.24, 2.45) is 0 Å². The summed E-state index contributed by atoms with van der Waals surface area (Å²) in [5.74, 6) is 1.70. The van der Waals surface area contributed by atoms with Crippen molar-refractivity contribution in [3.63, 3.8) is 0 Å². The molecular formula is C35H21N3OS. The fraction of sp³-hybridized carbons (Fsp3) is 0.0286. The zero-order chi connectivity index (χ0) is 26.3. The van der Waals surface area contributed by atoms with E-state index in [1.807, 2.05) is 42.4 Å². The molecule has 2 aliphatic heterocycles. The van der Waals surface area contributed by atoms with Gasteiger partial charge in [0.05, 0.1) is 28.2 Å². The number of benzene rings is 4. The van der Waals surface area contributed by atoms with E-state index in [1.165, 1.54) is 21.2 Å². The number of ether oxygens (including phenoxy) is 1. The van der Waals surface area contributed by atoms with Crippen molar-refractivity contribution in [2.75, 3.05) is 4.90 Å². The van der Waals surface area contributed by atoms with Crippen LogP contribution >= 0.6 is 11.8 Å². The van der Waals surface area contributed by atoms with Crippen molar-refractivity contribution in [2.45, 2.75) is 15.2 Å². The molecule has 0 N–H and O–H groups in total. The van der Waals surface area contributed by atoms with E-state index < -0.39 is 5.41 Å². The Kier molecular flexibility index (Phi) is 4.44. The first-order valence-corrected chi connectivity index (χ1v) is 14.1. The lowest BCUT2D eigenvalue weighted by molar-refractivity contribution is 0.436. The lowest BCUT2D eigenvalue weighted by atomic mass is 9.66. The topological polar surface area (TPSA) is 38.2 Å². The Balaban J connectivity index is 1.33. The lowest BCUT2D eigenvalue weighted by Gasteiger charge is -2.40. The van der Waals surface area contributed by atoms with Gasteiger partial charge < -0.3 is 9.64 Å². The molecule has 0 atom stereocenters. The van der Waals surface area contributed by atoms with Crippen LogP contribution in [0.1, 0.15) is 22.3 Å². The first kappa shape index (κ1) is 22.0. The fourth-order valence-corrected chi connectivity index (χ4v) is 7.73. The standard InChI is InChI=1S/C35H21N3OS/c1-4-14-29-23(9-1)35(25-10-7-19-36-33(25)34-26(35)11-8-20-37-34)24-18-17-22(21-30(24)39-29)38-27-12-2-5-15-31(27)40-32-16-6-3-13-28(32)38/h1-21H. The van der Waals surface area contributed by atoms with Gasteiger partial charge in [0, 0.05) is 45.1 Å². The van der Waals surface area contributed by atoms with Crippen LogP contribution in [0.15, 0.2) is 137 Å². The molecule has 0 saturated heterocycles. The van der Waals surface area contributed by atoms with Gasteiger partial charge in [-0.25, -0.2) is 0 Å². The normalized spacial score (nSPS) is 14.8. The number of anilines is 3. The van der Waals surface area contributed by atoms with Crippen molar-refractivity contribution >= 4 is 28.8 Å². The molecule has 9 rings (SSSR count). The summed E-state index contributed by atoms with van der Waals surface area (Å²) in [4.78, 5) is 14.5. The Morgan fingerprint density at radius 2 is 1.12 bits per heavy atom. The number of rotatable bonds is 1. The molecule has 6 aromatic rings. The van der Waals surface area contributed by atoms with Gasteiger partial charge in [-0.1, -0.05) is 72.4 Å². The van der Waals surface area contributed by atoms with Gasteiger partial charge in [0.15, 0.2) is 0 Å². The number of para-hydroxylation sites is 3. The first-order valence-electron chi connectivity index (χ1n) is 13.3. The highest BCUT2D eigenvalue weighted by atomic mass is 32.2. The molecule has 0 unspecified atom stereocenters. The summed E-state index contributed by atoms with van der Waals surface area (Å²) in [5, 5.41) is 0. The number of pyridine rings is 2. The molecule has 2 aromatic heterocycles.